The molecule has 0 aliphatic carbocycles. The van der Waals surface area contributed by atoms with Crippen LogP contribution < -0.4 is 5.73 Å². The van der Waals surface area contributed by atoms with E-state index < -0.39 is 0 Å². The Hall–Kier alpha value is -1.34. The van der Waals surface area contributed by atoms with Crippen LogP contribution in [0.25, 0.3) is 0 Å². The first-order chi connectivity index (χ1) is 10.6. The van der Waals surface area contributed by atoms with E-state index in [1.165, 1.54) is 14.2 Å². The Morgan fingerprint density at radius 3 is 2.09 bits per heavy atom. The summed E-state index contributed by atoms with van der Waals surface area (Å²) in [5, 5.41) is 0. The summed E-state index contributed by atoms with van der Waals surface area (Å²) in [4.78, 5) is 22.4. The minimum absolute atomic E-state index is 0.109. The highest BCUT2D eigenvalue weighted by Crippen LogP contribution is 2.40. The second-order valence-corrected chi connectivity index (χ2v) is 7.12. The SMILES string of the molecule is COC(=O)CCSC(SCCC(=O)OC)c1cccc(N)c1. The maximum absolute atomic E-state index is 11.2. The van der Waals surface area contributed by atoms with Crippen LogP contribution in [0.2, 0.25) is 0 Å². The fraction of sp³-hybridized carbons (Fsp3) is 0.467. The molecule has 0 aliphatic heterocycles. The number of rotatable bonds is 9. The van der Waals surface area contributed by atoms with Gasteiger partial charge in [0, 0.05) is 17.2 Å². The average molecular weight is 343 g/mol. The van der Waals surface area contributed by atoms with Crippen LogP contribution in [0.5, 0.6) is 0 Å². The Labute approximate surface area is 139 Å². The lowest BCUT2D eigenvalue weighted by atomic mass is 10.2. The predicted molar refractivity (Wildman–Crippen MR) is 91.8 cm³/mol. The summed E-state index contributed by atoms with van der Waals surface area (Å²) in [6, 6.07) is 7.65. The Bertz CT molecular complexity index is 474. The van der Waals surface area contributed by atoms with Crippen LogP contribution in [0.3, 0.4) is 0 Å². The van der Waals surface area contributed by atoms with Gasteiger partial charge in [-0.1, -0.05) is 12.1 Å². The van der Waals surface area contributed by atoms with Crippen molar-refractivity contribution in [3.63, 3.8) is 0 Å². The summed E-state index contributed by atoms with van der Waals surface area (Å²) in [5.74, 6) is 0.853. The van der Waals surface area contributed by atoms with Crippen molar-refractivity contribution in [1.29, 1.82) is 0 Å². The van der Waals surface area contributed by atoms with Gasteiger partial charge in [-0.05, 0) is 17.7 Å². The summed E-state index contributed by atoms with van der Waals surface area (Å²) in [6.45, 7) is 0. The topological polar surface area (TPSA) is 78.6 Å². The molecule has 0 saturated carbocycles. The van der Waals surface area contributed by atoms with Crippen LogP contribution in [-0.4, -0.2) is 37.7 Å². The molecule has 0 fully saturated rings. The normalized spacial score (nSPS) is 10.5. The molecular formula is C15H21NO4S2. The maximum atomic E-state index is 11.2. The van der Waals surface area contributed by atoms with Crippen molar-refractivity contribution >= 4 is 41.1 Å². The number of esters is 2. The van der Waals surface area contributed by atoms with E-state index in [-0.39, 0.29) is 16.5 Å². The molecule has 1 aromatic rings. The maximum Gasteiger partial charge on any atom is 0.306 e. The van der Waals surface area contributed by atoms with Gasteiger partial charge in [-0.2, -0.15) is 0 Å². The Morgan fingerprint density at radius 2 is 1.64 bits per heavy atom. The molecule has 122 valence electrons. The number of benzene rings is 1. The number of thioether (sulfide) groups is 2. The number of hydrogen-bond donors (Lipinski definition) is 1. The van der Waals surface area contributed by atoms with E-state index in [2.05, 4.69) is 9.47 Å². The van der Waals surface area contributed by atoms with Gasteiger partial charge < -0.3 is 15.2 Å². The molecule has 1 rings (SSSR count). The van der Waals surface area contributed by atoms with E-state index in [9.17, 15) is 9.59 Å². The molecule has 0 aromatic heterocycles. The van der Waals surface area contributed by atoms with Crippen molar-refractivity contribution in [2.45, 2.75) is 17.4 Å². The summed E-state index contributed by atoms with van der Waals surface area (Å²) < 4.78 is 9.40. The molecule has 0 aliphatic rings. The number of carbonyl (C=O) groups is 2. The number of ether oxygens (including phenoxy) is 2. The minimum Gasteiger partial charge on any atom is -0.469 e. The average Bonchev–Trinajstić information content (AvgIpc) is 2.52. The quantitative estimate of drug-likeness (QED) is 0.419. The highest BCUT2D eigenvalue weighted by Gasteiger charge is 2.15. The van der Waals surface area contributed by atoms with Crippen LogP contribution in [0.1, 0.15) is 23.0 Å². The van der Waals surface area contributed by atoms with Gasteiger partial charge in [0.1, 0.15) is 0 Å². The lowest BCUT2D eigenvalue weighted by Gasteiger charge is -2.17. The van der Waals surface area contributed by atoms with Gasteiger partial charge in [-0.25, -0.2) is 0 Å². The number of hydrogen-bond acceptors (Lipinski definition) is 7. The van der Waals surface area contributed by atoms with Crippen LogP contribution in [0, 0.1) is 0 Å². The fourth-order valence-corrected chi connectivity index (χ4v) is 4.29. The van der Waals surface area contributed by atoms with Crippen LogP contribution >= 0.6 is 23.5 Å². The van der Waals surface area contributed by atoms with Crippen molar-refractivity contribution in [3.8, 4) is 0 Å². The Morgan fingerprint density at radius 1 is 1.09 bits per heavy atom. The van der Waals surface area contributed by atoms with Crippen molar-refractivity contribution in [2.24, 2.45) is 0 Å². The van der Waals surface area contributed by atoms with Crippen molar-refractivity contribution in [1.82, 2.24) is 0 Å². The second-order valence-electron chi connectivity index (χ2n) is 4.40. The van der Waals surface area contributed by atoms with Crippen molar-refractivity contribution < 1.29 is 19.1 Å². The van der Waals surface area contributed by atoms with Gasteiger partial charge in [-0.3, -0.25) is 9.59 Å². The van der Waals surface area contributed by atoms with Crippen LogP contribution in [-0.2, 0) is 19.1 Å². The molecule has 2 N–H and O–H groups in total. The molecule has 0 amide bonds. The number of carbonyl (C=O) groups excluding carboxylic acids is 2. The number of methoxy groups -OCH3 is 2. The molecule has 0 bridgehead atoms. The highest BCUT2D eigenvalue weighted by atomic mass is 32.2. The zero-order valence-electron chi connectivity index (χ0n) is 12.7. The summed E-state index contributed by atoms with van der Waals surface area (Å²) in [7, 11) is 2.76. The molecule has 0 atom stereocenters. The molecule has 0 spiro atoms. The predicted octanol–water partition coefficient (Wildman–Crippen LogP) is 2.86. The minimum atomic E-state index is -0.224. The van der Waals surface area contributed by atoms with E-state index in [1.54, 1.807) is 23.5 Å². The summed E-state index contributed by atoms with van der Waals surface area (Å²) in [6.07, 6.45) is 0.717. The standard InChI is InChI=1S/C15H21NO4S2/c1-19-13(17)6-8-21-15(22-9-7-14(18)20-2)11-4-3-5-12(16)10-11/h3-5,10,15H,6-9,16H2,1-2H3. The molecule has 5 nitrogen and oxygen atoms in total. The number of anilines is 1. The summed E-state index contributed by atoms with van der Waals surface area (Å²) in [5.41, 5.74) is 7.60. The first-order valence-corrected chi connectivity index (χ1v) is 8.89. The zero-order chi connectivity index (χ0) is 16.4. The fourth-order valence-electron chi connectivity index (χ4n) is 1.65. The van der Waals surface area contributed by atoms with Gasteiger partial charge in [-0.15, -0.1) is 23.5 Å². The molecule has 0 saturated heterocycles. The first-order valence-electron chi connectivity index (χ1n) is 6.79. The summed E-state index contributed by atoms with van der Waals surface area (Å²) >= 11 is 3.28. The van der Waals surface area contributed by atoms with E-state index in [0.717, 1.165) is 5.56 Å². The Balaban J connectivity index is 2.60. The van der Waals surface area contributed by atoms with Gasteiger partial charge in [0.2, 0.25) is 0 Å². The third-order valence-corrected chi connectivity index (χ3v) is 5.63. The first kappa shape index (κ1) is 18.7. The van der Waals surface area contributed by atoms with E-state index in [4.69, 9.17) is 5.73 Å². The Kier molecular flexibility index (Phi) is 8.84. The third-order valence-electron chi connectivity index (χ3n) is 2.79. The second kappa shape index (κ2) is 10.4. The van der Waals surface area contributed by atoms with E-state index in [0.29, 0.717) is 30.0 Å². The van der Waals surface area contributed by atoms with Crippen molar-refractivity contribution in [2.75, 3.05) is 31.5 Å². The van der Waals surface area contributed by atoms with E-state index >= 15 is 0 Å². The molecule has 0 heterocycles. The molecule has 1 aromatic carbocycles. The van der Waals surface area contributed by atoms with Gasteiger partial charge >= 0.3 is 11.9 Å². The molecule has 0 unspecified atom stereocenters. The molecule has 22 heavy (non-hydrogen) atoms. The smallest absolute Gasteiger partial charge is 0.306 e. The third kappa shape index (κ3) is 7.09. The van der Waals surface area contributed by atoms with E-state index in [1.807, 2.05) is 24.3 Å². The lowest BCUT2D eigenvalue weighted by molar-refractivity contribution is -0.140. The highest BCUT2D eigenvalue weighted by molar-refractivity contribution is 8.16. The van der Waals surface area contributed by atoms with Gasteiger partial charge in [0.05, 0.1) is 31.6 Å². The van der Waals surface area contributed by atoms with Gasteiger partial charge in [0.15, 0.2) is 0 Å². The molecule has 7 heteroatoms. The zero-order valence-corrected chi connectivity index (χ0v) is 14.4. The largest absolute Gasteiger partial charge is 0.469 e. The molecule has 0 radical (unpaired) electrons. The van der Waals surface area contributed by atoms with Crippen LogP contribution in [0.15, 0.2) is 24.3 Å². The van der Waals surface area contributed by atoms with Crippen LogP contribution in [0.4, 0.5) is 5.69 Å². The van der Waals surface area contributed by atoms with Crippen molar-refractivity contribution in [3.05, 3.63) is 29.8 Å². The number of nitrogens with two attached hydrogens (primary N) is 1. The lowest BCUT2D eigenvalue weighted by Crippen LogP contribution is -2.04. The number of nitrogen functional groups attached to an aromatic ring is 1. The molecular weight excluding hydrogens is 322 g/mol. The monoisotopic (exact) mass is 343 g/mol. The van der Waals surface area contributed by atoms with Gasteiger partial charge in [0.25, 0.3) is 0 Å².